The van der Waals surface area contributed by atoms with Gasteiger partial charge in [-0.15, -0.1) is 24.8 Å². The van der Waals surface area contributed by atoms with Crippen molar-refractivity contribution in [1.82, 2.24) is 14.9 Å². The highest BCUT2D eigenvalue weighted by Crippen LogP contribution is 2.35. The first-order valence-electron chi connectivity index (χ1n) is 8.51. The number of hydrogen-bond acceptors (Lipinski definition) is 3. The fourth-order valence-corrected chi connectivity index (χ4v) is 3.94. The van der Waals surface area contributed by atoms with E-state index in [-0.39, 0.29) is 48.5 Å². The van der Waals surface area contributed by atoms with Crippen LogP contribution in [0.15, 0.2) is 6.20 Å². The summed E-state index contributed by atoms with van der Waals surface area (Å²) < 4.78 is 37.9. The highest BCUT2D eigenvalue weighted by Gasteiger charge is 2.37. The third kappa shape index (κ3) is 4.84. The number of hydrogen-bond donors (Lipinski definition) is 2. The van der Waals surface area contributed by atoms with Crippen molar-refractivity contribution in [3.63, 3.8) is 0 Å². The number of piperidine rings is 1. The molecule has 0 spiro atoms. The molecule has 2 heterocycles. The summed E-state index contributed by atoms with van der Waals surface area (Å²) in [6.45, 7) is 1.68. The lowest BCUT2D eigenvalue weighted by Crippen LogP contribution is -2.43. The standard InChI is InChI=1S/C16H23F3N4O.2ClH/c17-16(18,19)13-9-21-14(22-13)10-4-6-23(7-5-10)15(24)12-3-1-2-11(12)8-20;;/h9-12H,1-8,20H2,(H,21,22);2*1H/t11-,12-;;/m1../s1. The van der Waals surface area contributed by atoms with Crippen LogP contribution in [0.5, 0.6) is 0 Å². The lowest BCUT2D eigenvalue weighted by Gasteiger charge is -2.34. The van der Waals surface area contributed by atoms with Crippen LogP contribution in [-0.2, 0) is 11.0 Å². The van der Waals surface area contributed by atoms with Crippen molar-refractivity contribution in [3.05, 3.63) is 17.7 Å². The predicted molar refractivity (Wildman–Crippen MR) is 96.5 cm³/mol. The van der Waals surface area contributed by atoms with Crippen molar-refractivity contribution in [2.24, 2.45) is 17.6 Å². The Morgan fingerprint density at radius 3 is 2.42 bits per heavy atom. The van der Waals surface area contributed by atoms with Gasteiger partial charge < -0.3 is 15.6 Å². The van der Waals surface area contributed by atoms with E-state index in [2.05, 4.69) is 9.97 Å². The zero-order valence-corrected chi connectivity index (χ0v) is 15.9. The molecule has 1 saturated heterocycles. The van der Waals surface area contributed by atoms with E-state index in [1.54, 1.807) is 0 Å². The molecule has 2 fully saturated rings. The number of carbonyl (C=O) groups is 1. The molecule has 0 bridgehead atoms. The molecule has 2 aliphatic rings. The molecule has 26 heavy (non-hydrogen) atoms. The molecule has 2 atom stereocenters. The average Bonchev–Trinajstić information content (AvgIpc) is 3.23. The molecular weight excluding hydrogens is 392 g/mol. The second-order valence-corrected chi connectivity index (χ2v) is 6.81. The summed E-state index contributed by atoms with van der Waals surface area (Å²) in [6.07, 6.45) is 0.664. The minimum atomic E-state index is -4.40. The molecule has 0 unspecified atom stereocenters. The van der Waals surface area contributed by atoms with Gasteiger partial charge in [-0.3, -0.25) is 4.79 Å². The van der Waals surface area contributed by atoms with Crippen molar-refractivity contribution >= 4 is 30.7 Å². The fraction of sp³-hybridized carbons (Fsp3) is 0.750. The lowest BCUT2D eigenvalue weighted by molar-refractivity contribution is -0.141. The fourth-order valence-electron chi connectivity index (χ4n) is 3.94. The number of H-pyrrole nitrogens is 1. The van der Waals surface area contributed by atoms with Crippen molar-refractivity contribution in [2.75, 3.05) is 19.6 Å². The number of amides is 1. The lowest BCUT2D eigenvalue weighted by atomic mass is 9.91. The molecular formula is C16H25Cl2F3N4O. The Hall–Kier alpha value is -0.990. The Bertz CT molecular complexity index is 588. The number of nitrogens with one attached hydrogen (secondary N) is 1. The van der Waals surface area contributed by atoms with E-state index in [4.69, 9.17) is 5.73 Å². The Morgan fingerprint density at radius 2 is 1.88 bits per heavy atom. The first-order chi connectivity index (χ1) is 11.4. The SMILES string of the molecule is Cl.Cl.NC[C@H]1CCC[C@H]1C(=O)N1CCC(c2ncc(C(F)(F)F)[nH]2)CC1. The van der Waals surface area contributed by atoms with E-state index < -0.39 is 11.9 Å². The van der Waals surface area contributed by atoms with Crippen LogP contribution in [-0.4, -0.2) is 40.4 Å². The van der Waals surface area contributed by atoms with Crippen LogP contribution >= 0.6 is 24.8 Å². The molecule has 10 heteroatoms. The molecule has 3 rings (SSSR count). The Labute approximate surface area is 163 Å². The van der Waals surface area contributed by atoms with Crippen LogP contribution in [0.2, 0.25) is 0 Å². The van der Waals surface area contributed by atoms with Crippen molar-refractivity contribution < 1.29 is 18.0 Å². The van der Waals surface area contributed by atoms with E-state index in [1.165, 1.54) is 0 Å². The number of imidazole rings is 1. The van der Waals surface area contributed by atoms with E-state index in [1.807, 2.05) is 4.90 Å². The van der Waals surface area contributed by atoms with Crippen LogP contribution in [0.1, 0.15) is 49.5 Å². The van der Waals surface area contributed by atoms with Crippen LogP contribution in [0.25, 0.3) is 0 Å². The van der Waals surface area contributed by atoms with E-state index in [9.17, 15) is 18.0 Å². The summed E-state index contributed by atoms with van der Waals surface area (Å²) in [5.74, 6) is 0.771. The number of aromatic nitrogens is 2. The Kier molecular flexibility index (Phi) is 8.23. The molecule has 150 valence electrons. The maximum absolute atomic E-state index is 12.6. The Morgan fingerprint density at radius 1 is 1.23 bits per heavy atom. The van der Waals surface area contributed by atoms with Gasteiger partial charge in [0.25, 0.3) is 0 Å². The number of halogens is 5. The van der Waals surface area contributed by atoms with Gasteiger partial charge in [0.05, 0.1) is 6.20 Å². The molecule has 1 amide bonds. The van der Waals surface area contributed by atoms with Gasteiger partial charge >= 0.3 is 6.18 Å². The minimum absolute atomic E-state index is 0. The van der Waals surface area contributed by atoms with Gasteiger partial charge in [0.2, 0.25) is 5.91 Å². The zero-order valence-electron chi connectivity index (χ0n) is 14.3. The molecule has 0 aromatic carbocycles. The number of nitrogens with zero attached hydrogens (tertiary/aromatic N) is 2. The quantitative estimate of drug-likeness (QED) is 0.792. The van der Waals surface area contributed by atoms with Crippen LogP contribution in [0.3, 0.4) is 0 Å². The number of nitrogens with two attached hydrogens (primary N) is 1. The zero-order chi connectivity index (χ0) is 17.3. The normalized spacial score (nSPS) is 24.1. The molecule has 3 N–H and O–H groups in total. The molecule has 1 saturated carbocycles. The first-order valence-corrected chi connectivity index (χ1v) is 8.51. The smallest absolute Gasteiger partial charge is 0.342 e. The van der Waals surface area contributed by atoms with Gasteiger partial charge in [0, 0.05) is 24.9 Å². The topological polar surface area (TPSA) is 75.0 Å². The minimum Gasteiger partial charge on any atom is -0.342 e. The summed E-state index contributed by atoms with van der Waals surface area (Å²) in [5.41, 5.74) is 4.94. The molecule has 1 aromatic rings. The third-order valence-corrected chi connectivity index (χ3v) is 5.37. The molecule has 1 aromatic heterocycles. The van der Waals surface area contributed by atoms with Crippen LogP contribution < -0.4 is 5.73 Å². The van der Waals surface area contributed by atoms with Crippen LogP contribution in [0, 0.1) is 11.8 Å². The summed E-state index contributed by atoms with van der Waals surface area (Å²) in [4.78, 5) is 20.8. The molecule has 1 aliphatic carbocycles. The van der Waals surface area contributed by atoms with E-state index >= 15 is 0 Å². The molecule has 5 nitrogen and oxygen atoms in total. The van der Waals surface area contributed by atoms with E-state index in [0.29, 0.717) is 38.3 Å². The predicted octanol–water partition coefficient (Wildman–Crippen LogP) is 3.35. The maximum Gasteiger partial charge on any atom is 0.432 e. The van der Waals surface area contributed by atoms with Gasteiger partial charge in [-0.2, -0.15) is 13.2 Å². The van der Waals surface area contributed by atoms with Gasteiger partial charge in [-0.25, -0.2) is 4.98 Å². The monoisotopic (exact) mass is 416 g/mol. The van der Waals surface area contributed by atoms with Crippen molar-refractivity contribution in [1.29, 1.82) is 0 Å². The van der Waals surface area contributed by atoms with Gasteiger partial charge in [-0.05, 0) is 38.1 Å². The first kappa shape index (κ1) is 23.0. The number of rotatable bonds is 3. The summed E-state index contributed by atoms with van der Waals surface area (Å²) in [6, 6.07) is 0. The number of likely N-dealkylation sites (tertiary alicyclic amines) is 1. The summed E-state index contributed by atoms with van der Waals surface area (Å²) in [7, 11) is 0. The highest BCUT2D eigenvalue weighted by atomic mass is 35.5. The summed E-state index contributed by atoms with van der Waals surface area (Å²) in [5, 5.41) is 0. The third-order valence-electron chi connectivity index (χ3n) is 5.37. The van der Waals surface area contributed by atoms with Gasteiger partial charge in [0.15, 0.2) is 0 Å². The van der Waals surface area contributed by atoms with Crippen molar-refractivity contribution in [2.45, 2.75) is 44.2 Å². The molecule has 1 aliphatic heterocycles. The highest BCUT2D eigenvalue weighted by molar-refractivity contribution is 5.85. The Balaban J connectivity index is 0.00000169. The molecule has 0 radical (unpaired) electrons. The summed E-state index contributed by atoms with van der Waals surface area (Å²) >= 11 is 0. The number of aromatic amines is 1. The van der Waals surface area contributed by atoms with Crippen LogP contribution in [0.4, 0.5) is 13.2 Å². The van der Waals surface area contributed by atoms with Gasteiger partial charge in [-0.1, -0.05) is 6.42 Å². The van der Waals surface area contributed by atoms with E-state index in [0.717, 1.165) is 25.5 Å². The average molecular weight is 417 g/mol. The maximum atomic E-state index is 12.6. The number of carbonyl (C=O) groups excluding carboxylic acids is 1. The number of alkyl halides is 3. The second-order valence-electron chi connectivity index (χ2n) is 6.81. The second kappa shape index (κ2) is 9.28. The van der Waals surface area contributed by atoms with Crippen molar-refractivity contribution in [3.8, 4) is 0 Å². The largest absolute Gasteiger partial charge is 0.432 e. The van der Waals surface area contributed by atoms with Gasteiger partial charge in [0.1, 0.15) is 11.5 Å².